The summed E-state index contributed by atoms with van der Waals surface area (Å²) in [5.74, 6) is 0. The summed E-state index contributed by atoms with van der Waals surface area (Å²) < 4.78 is 5.38. The molecule has 1 atom stereocenters. The summed E-state index contributed by atoms with van der Waals surface area (Å²) in [7, 11) is 0. The molecule has 1 unspecified atom stereocenters. The van der Waals surface area contributed by atoms with Crippen LogP contribution in [0.4, 0.5) is 0 Å². The van der Waals surface area contributed by atoms with E-state index in [1.165, 1.54) is 141 Å². The van der Waals surface area contributed by atoms with Crippen LogP contribution in [0.5, 0.6) is 0 Å². The Hall–Kier alpha value is -1.57. The second-order valence-electron chi connectivity index (χ2n) is 11.3. The molecule has 0 saturated heterocycles. The van der Waals surface area contributed by atoms with Crippen molar-refractivity contribution in [2.24, 2.45) is 0 Å². The van der Waals surface area contributed by atoms with Crippen LogP contribution in [-0.4, -0.2) is 12.6 Å². The predicted molar refractivity (Wildman–Crippen MR) is 174 cm³/mol. The molecule has 2 heteroatoms. The first-order valence-corrected chi connectivity index (χ1v) is 17.1. The van der Waals surface area contributed by atoms with E-state index in [-0.39, 0.29) is 6.10 Å². The van der Waals surface area contributed by atoms with E-state index in [0.29, 0.717) is 6.47 Å². The topological polar surface area (TPSA) is 26.3 Å². The summed E-state index contributed by atoms with van der Waals surface area (Å²) in [6.07, 6.45) is 49.9. The molecule has 0 aliphatic heterocycles. The molecule has 0 rings (SSSR count). The molecule has 0 radical (unpaired) electrons. The van der Waals surface area contributed by atoms with E-state index in [1.807, 2.05) is 0 Å². The van der Waals surface area contributed by atoms with Gasteiger partial charge in [0.1, 0.15) is 6.10 Å². The number of hydrogen-bond donors (Lipinski definition) is 0. The fourth-order valence-electron chi connectivity index (χ4n) is 4.92. The Balaban J connectivity index is 3.52. The van der Waals surface area contributed by atoms with E-state index >= 15 is 0 Å². The van der Waals surface area contributed by atoms with E-state index < -0.39 is 0 Å². The van der Waals surface area contributed by atoms with Crippen LogP contribution in [0, 0.1) is 0 Å². The fourth-order valence-corrected chi connectivity index (χ4v) is 4.92. The highest BCUT2D eigenvalue weighted by molar-refractivity contribution is 5.37. The Labute approximate surface area is 244 Å². The lowest BCUT2D eigenvalue weighted by atomic mass is 10.0. The van der Waals surface area contributed by atoms with Crippen LogP contribution in [0.2, 0.25) is 0 Å². The van der Waals surface area contributed by atoms with Crippen LogP contribution in [-0.2, 0) is 9.53 Å². The van der Waals surface area contributed by atoms with Gasteiger partial charge in [-0.15, -0.1) is 0 Å². The van der Waals surface area contributed by atoms with E-state index in [4.69, 9.17) is 4.74 Å². The largest absolute Gasteiger partial charge is 0.465 e. The minimum absolute atomic E-state index is 0.133. The van der Waals surface area contributed by atoms with Gasteiger partial charge in [-0.1, -0.05) is 140 Å². The molecule has 39 heavy (non-hydrogen) atoms. The number of unbranched alkanes of at least 4 members (excludes halogenated alkanes) is 18. The molecule has 0 fully saturated rings. The van der Waals surface area contributed by atoms with Crippen molar-refractivity contribution in [1.82, 2.24) is 0 Å². The lowest BCUT2D eigenvalue weighted by Crippen LogP contribution is -2.12. The first-order chi connectivity index (χ1) is 19.3. The SMILES string of the molecule is CCCCC/C=C\C/C=C\CCCCCCCCC(CCCCCCCC/C=C\C=C\CCCCC)OC=O. The van der Waals surface area contributed by atoms with Gasteiger partial charge in [0.2, 0.25) is 0 Å². The first kappa shape index (κ1) is 37.4. The zero-order valence-corrected chi connectivity index (χ0v) is 26.3. The number of carbonyl (C=O) groups excluding carboxylic acids is 1. The Bertz CT molecular complexity index is 586. The highest BCUT2D eigenvalue weighted by Gasteiger charge is 2.08. The van der Waals surface area contributed by atoms with E-state index in [0.717, 1.165) is 19.3 Å². The Kier molecular flexibility index (Phi) is 33.1. The lowest BCUT2D eigenvalue weighted by molar-refractivity contribution is -0.134. The minimum Gasteiger partial charge on any atom is -0.465 e. The summed E-state index contributed by atoms with van der Waals surface area (Å²) in [5.41, 5.74) is 0. The van der Waals surface area contributed by atoms with Crippen molar-refractivity contribution in [3.8, 4) is 0 Å². The molecule has 0 saturated carbocycles. The summed E-state index contributed by atoms with van der Waals surface area (Å²) in [5, 5.41) is 0. The minimum atomic E-state index is 0.133. The molecular formula is C37H66O2. The van der Waals surface area contributed by atoms with Gasteiger partial charge in [0.25, 0.3) is 6.47 Å². The lowest BCUT2D eigenvalue weighted by Gasteiger charge is -2.15. The number of rotatable bonds is 31. The summed E-state index contributed by atoms with van der Waals surface area (Å²) in [6.45, 7) is 5.17. The van der Waals surface area contributed by atoms with Crippen molar-refractivity contribution >= 4 is 6.47 Å². The zero-order valence-electron chi connectivity index (χ0n) is 26.3. The molecule has 0 bridgehead atoms. The third-order valence-corrected chi connectivity index (χ3v) is 7.48. The van der Waals surface area contributed by atoms with Crippen LogP contribution in [0.3, 0.4) is 0 Å². The summed E-state index contributed by atoms with van der Waals surface area (Å²) in [6, 6.07) is 0. The van der Waals surface area contributed by atoms with Crippen molar-refractivity contribution in [1.29, 1.82) is 0 Å². The monoisotopic (exact) mass is 543 g/mol. The van der Waals surface area contributed by atoms with Crippen molar-refractivity contribution in [2.45, 2.75) is 180 Å². The normalized spacial score (nSPS) is 13.0. The molecule has 0 N–H and O–H groups in total. The van der Waals surface area contributed by atoms with E-state index in [9.17, 15) is 4.79 Å². The standard InChI is InChI=1S/C37H66O2/c1-3-5-7-9-11-13-15-17-19-21-23-25-27-29-31-33-35-37(39-36-38)34-32-30-28-26-24-22-20-18-16-14-12-10-8-6-4-2/h11-14,16-19,36-37H,3-10,15,20-35H2,1-2H3/b13-11-,14-12+,18-16-,19-17-. The maximum atomic E-state index is 10.9. The molecular weight excluding hydrogens is 476 g/mol. The number of hydrogen-bond acceptors (Lipinski definition) is 2. The smallest absolute Gasteiger partial charge is 0.293 e. The van der Waals surface area contributed by atoms with Gasteiger partial charge in [-0.2, -0.15) is 0 Å². The van der Waals surface area contributed by atoms with Crippen LogP contribution in [0.1, 0.15) is 174 Å². The van der Waals surface area contributed by atoms with E-state index in [1.54, 1.807) is 0 Å². The highest BCUT2D eigenvalue weighted by atomic mass is 16.5. The maximum Gasteiger partial charge on any atom is 0.293 e. The average Bonchev–Trinajstić information content (AvgIpc) is 2.94. The molecule has 0 aliphatic rings. The van der Waals surface area contributed by atoms with Crippen LogP contribution in [0.15, 0.2) is 48.6 Å². The molecule has 0 amide bonds. The quantitative estimate of drug-likeness (QED) is 0.0377. The predicted octanol–water partition coefficient (Wildman–Crippen LogP) is 12.5. The molecule has 2 nitrogen and oxygen atoms in total. The number of ether oxygens (including phenoxy) is 1. The molecule has 0 aliphatic carbocycles. The van der Waals surface area contributed by atoms with Crippen molar-refractivity contribution < 1.29 is 9.53 Å². The second-order valence-corrected chi connectivity index (χ2v) is 11.3. The molecule has 0 spiro atoms. The van der Waals surface area contributed by atoms with Crippen molar-refractivity contribution in [2.75, 3.05) is 0 Å². The van der Waals surface area contributed by atoms with Crippen LogP contribution >= 0.6 is 0 Å². The van der Waals surface area contributed by atoms with Gasteiger partial charge in [-0.25, -0.2) is 0 Å². The maximum absolute atomic E-state index is 10.9. The molecule has 226 valence electrons. The molecule has 0 aromatic rings. The molecule has 0 heterocycles. The molecule has 0 aromatic heterocycles. The van der Waals surface area contributed by atoms with Crippen molar-refractivity contribution in [3.63, 3.8) is 0 Å². The van der Waals surface area contributed by atoms with Crippen LogP contribution < -0.4 is 0 Å². The van der Waals surface area contributed by atoms with Gasteiger partial charge in [-0.05, 0) is 83.5 Å². The van der Waals surface area contributed by atoms with Gasteiger partial charge in [-0.3, -0.25) is 4.79 Å². The molecule has 0 aromatic carbocycles. The van der Waals surface area contributed by atoms with Gasteiger partial charge in [0.15, 0.2) is 0 Å². The Morgan fingerprint density at radius 2 is 0.846 bits per heavy atom. The zero-order chi connectivity index (χ0) is 28.3. The van der Waals surface area contributed by atoms with Gasteiger partial charge in [0.05, 0.1) is 0 Å². The van der Waals surface area contributed by atoms with Gasteiger partial charge >= 0.3 is 0 Å². The Morgan fingerprint density at radius 3 is 1.28 bits per heavy atom. The summed E-state index contributed by atoms with van der Waals surface area (Å²) in [4.78, 5) is 10.9. The summed E-state index contributed by atoms with van der Waals surface area (Å²) >= 11 is 0. The number of allylic oxidation sites excluding steroid dienone is 8. The third kappa shape index (κ3) is 32.5. The fraction of sp³-hybridized carbons (Fsp3) is 0.757. The highest BCUT2D eigenvalue weighted by Crippen LogP contribution is 2.17. The number of carbonyl (C=O) groups is 1. The van der Waals surface area contributed by atoms with Crippen molar-refractivity contribution in [3.05, 3.63) is 48.6 Å². The average molecular weight is 543 g/mol. The van der Waals surface area contributed by atoms with Gasteiger partial charge < -0.3 is 4.74 Å². The second kappa shape index (κ2) is 34.5. The first-order valence-electron chi connectivity index (χ1n) is 17.1. The van der Waals surface area contributed by atoms with Gasteiger partial charge in [0, 0.05) is 0 Å². The Morgan fingerprint density at radius 1 is 0.462 bits per heavy atom. The van der Waals surface area contributed by atoms with Crippen LogP contribution in [0.25, 0.3) is 0 Å². The van der Waals surface area contributed by atoms with E-state index in [2.05, 4.69) is 62.5 Å². The third-order valence-electron chi connectivity index (χ3n) is 7.48.